The number of anilines is 3. The van der Waals surface area contributed by atoms with E-state index in [0.717, 1.165) is 37.8 Å². The molecule has 0 aliphatic carbocycles. The van der Waals surface area contributed by atoms with Crippen molar-refractivity contribution in [2.24, 2.45) is 0 Å². The highest BCUT2D eigenvalue weighted by Crippen LogP contribution is 2.37. The number of rotatable bonds is 15. The number of hydrogen-bond donors (Lipinski definition) is 3. The molecule has 6 amide bonds. The number of amides is 6. The Balaban J connectivity index is 0.786. The van der Waals surface area contributed by atoms with Crippen LogP contribution >= 0.6 is 11.3 Å². The predicted molar refractivity (Wildman–Crippen MR) is 225 cm³/mol. The summed E-state index contributed by atoms with van der Waals surface area (Å²) < 4.78 is 17.0. The number of ether oxygens (including phenoxy) is 3. The van der Waals surface area contributed by atoms with Crippen LogP contribution in [0.1, 0.15) is 59.9 Å². The number of nitrogens with one attached hydrogen (secondary N) is 3. The van der Waals surface area contributed by atoms with Gasteiger partial charge in [0.15, 0.2) is 5.13 Å². The van der Waals surface area contributed by atoms with Gasteiger partial charge in [0, 0.05) is 53.7 Å². The number of methoxy groups -OCH3 is 1. The van der Waals surface area contributed by atoms with Gasteiger partial charge in [-0.2, -0.15) is 0 Å². The van der Waals surface area contributed by atoms with E-state index in [0.29, 0.717) is 47.4 Å². The smallest absolute Gasteiger partial charge is 0.264 e. The minimum Gasteiger partial charge on any atom is -0.496 e. The van der Waals surface area contributed by atoms with E-state index >= 15 is 0 Å². The van der Waals surface area contributed by atoms with Crippen molar-refractivity contribution in [2.45, 2.75) is 38.6 Å². The van der Waals surface area contributed by atoms with Crippen molar-refractivity contribution in [1.82, 2.24) is 20.2 Å². The number of piperidine rings is 1. The molecule has 16 nitrogen and oxygen atoms in total. The molecule has 1 unspecified atom stereocenters. The summed E-state index contributed by atoms with van der Waals surface area (Å²) >= 11 is 1.40. The van der Waals surface area contributed by atoms with Gasteiger partial charge in [-0.25, -0.2) is 4.98 Å². The van der Waals surface area contributed by atoms with Gasteiger partial charge in [-0.15, -0.1) is 11.3 Å². The van der Waals surface area contributed by atoms with Gasteiger partial charge >= 0.3 is 0 Å². The van der Waals surface area contributed by atoms with E-state index < -0.39 is 29.7 Å². The standard InChI is InChI=1S/C44H41N7O9S/c1-25-39(28-9-10-33-27(23-28)14-17-50(33)41(55)31-24-45-15-13-35(31)58-2)49-44(61-25)48-37(53)22-26-5-3-6-29(21-26)60-20-19-59-18-16-46-32-8-4-7-30-38(32)43(57)51(42(30)56)34-11-12-36(52)47-40(34)54/h3-10,13,15,21,23-24,34,46H,11-12,14,16-20,22H2,1-2H3,(H,47,52,54)(H,48,49,53). The van der Waals surface area contributed by atoms with Crippen LogP contribution in [0, 0.1) is 6.92 Å². The number of hydrogen-bond acceptors (Lipinski definition) is 13. The number of aromatic nitrogens is 2. The fourth-order valence-corrected chi connectivity index (χ4v) is 8.53. The minimum atomic E-state index is -1.04. The first kappa shape index (κ1) is 40.8. The van der Waals surface area contributed by atoms with Crippen LogP contribution in [0.3, 0.4) is 0 Å². The van der Waals surface area contributed by atoms with E-state index in [1.165, 1.54) is 24.6 Å². The second-order valence-corrected chi connectivity index (χ2v) is 15.7. The summed E-state index contributed by atoms with van der Waals surface area (Å²) in [7, 11) is 1.53. The molecular formula is C44H41N7O9S. The molecule has 2 aromatic heterocycles. The molecule has 312 valence electrons. The van der Waals surface area contributed by atoms with Crippen LogP contribution in [0.25, 0.3) is 11.3 Å². The Morgan fingerprint density at radius 1 is 0.967 bits per heavy atom. The highest BCUT2D eigenvalue weighted by molar-refractivity contribution is 7.16. The molecule has 3 aliphatic heterocycles. The van der Waals surface area contributed by atoms with E-state index in [2.05, 4.69) is 20.9 Å². The van der Waals surface area contributed by atoms with Crippen molar-refractivity contribution in [1.29, 1.82) is 0 Å². The lowest BCUT2D eigenvalue weighted by atomic mass is 10.0. The van der Waals surface area contributed by atoms with Crippen molar-refractivity contribution in [3.05, 3.63) is 112 Å². The molecule has 1 saturated heterocycles. The Morgan fingerprint density at radius 3 is 2.66 bits per heavy atom. The van der Waals surface area contributed by atoms with Crippen molar-refractivity contribution >= 4 is 63.3 Å². The monoisotopic (exact) mass is 843 g/mol. The highest BCUT2D eigenvalue weighted by atomic mass is 32.1. The Labute approximate surface area is 354 Å². The number of carbonyl (C=O) groups is 6. The van der Waals surface area contributed by atoms with Crippen LogP contribution in [0.5, 0.6) is 11.5 Å². The minimum absolute atomic E-state index is 0.0466. The van der Waals surface area contributed by atoms with Crippen molar-refractivity contribution in [3.63, 3.8) is 0 Å². The lowest BCUT2D eigenvalue weighted by Crippen LogP contribution is -2.54. The third-order valence-corrected chi connectivity index (χ3v) is 11.4. The lowest BCUT2D eigenvalue weighted by Gasteiger charge is -2.27. The number of imide groups is 2. The normalized spacial score (nSPS) is 15.7. The van der Waals surface area contributed by atoms with Crippen molar-refractivity contribution in [3.8, 4) is 22.8 Å². The number of fused-ring (bicyclic) bond motifs is 2. The second kappa shape index (κ2) is 17.7. The fourth-order valence-electron chi connectivity index (χ4n) is 7.68. The molecule has 0 saturated carbocycles. The average molecular weight is 844 g/mol. The maximum atomic E-state index is 13.4. The summed E-state index contributed by atoms with van der Waals surface area (Å²) in [5.41, 5.74) is 5.53. The first-order valence-electron chi connectivity index (χ1n) is 19.7. The van der Waals surface area contributed by atoms with Gasteiger partial charge in [0.1, 0.15) is 29.7 Å². The first-order chi connectivity index (χ1) is 29.6. The summed E-state index contributed by atoms with van der Waals surface area (Å²) in [6.07, 6.45) is 4.04. The summed E-state index contributed by atoms with van der Waals surface area (Å²) in [6, 6.07) is 18.7. The molecule has 61 heavy (non-hydrogen) atoms. The summed E-state index contributed by atoms with van der Waals surface area (Å²) in [4.78, 5) is 89.3. The second-order valence-electron chi connectivity index (χ2n) is 14.5. The van der Waals surface area contributed by atoms with Crippen molar-refractivity contribution in [2.75, 3.05) is 55.6 Å². The van der Waals surface area contributed by atoms with Gasteiger partial charge < -0.3 is 29.7 Å². The Kier molecular flexibility index (Phi) is 11.8. The summed E-state index contributed by atoms with van der Waals surface area (Å²) in [5.74, 6) is -1.58. The van der Waals surface area contributed by atoms with E-state index in [4.69, 9.17) is 19.2 Å². The van der Waals surface area contributed by atoms with Crippen LogP contribution in [-0.4, -0.2) is 96.4 Å². The molecule has 3 N–H and O–H groups in total. The molecule has 0 radical (unpaired) electrons. The van der Waals surface area contributed by atoms with E-state index in [1.54, 1.807) is 47.5 Å². The highest BCUT2D eigenvalue weighted by Gasteiger charge is 2.45. The zero-order valence-corrected chi connectivity index (χ0v) is 34.1. The lowest BCUT2D eigenvalue weighted by molar-refractivity contribution is -0.136. The summed E-state index contributed by atoms with van der Waals surface area (Å²) in [5, 5.41) is 8.77. The number of benzene rings is 3. The van der Waals surface area contributed by atoms with Crippen LogP contribution in [-0.2, 0) is 32.0 Å². The zero-order chi connectivity index (χ0) is 42.6. The van der Waals surface area contributed by atoms with Crippen LogP contribution in [0.15, 0.2) is 79.1 Å². The summed E-state index contributed by atoms with van der Waals surface area (Å²) in [6.45, 7) is 3.63. The van der Waals surface area contributed by atoms with Gasteiger partial charge in [-0.1, -0.05) is 24.3 Å². The molecule has 1 atom stereocenters. The Hall–Kier alpha value is -6.98. The number of thiazole rings is 1. The molecule has 17 heteroatoms. The van der Waals surface area contributed by atoms with Crippen LogP contribution in [0.2, 0.25) is 0 Å². The maximum Gasteiger partial charge on any atom is 0.264 e. The van der Waals surface area contributed by atoms with Gasteiger partial charge in [0.25, 0.3) is 17.7 Å². The molecule has 3 aliphatic rings. The largest absolute Gasteiger partial charge is 0.496 e. The fraction of sp³-hybridized carbons (Fsp3) is 0.273. The Morgan fingerprint density at radius 2 is 1.82 bits per heavy atom. The zero-order valence-electron chi connectivity index (χ0n) is 33.3. The number of pyridine rings is 1. The molecule has 5 heterocycles. The Bertz CT molecular complexity index is 2580. The quantitative estimate of drug-likeness (QED) is 0.0962. The van der Waals surface area contributed by atoms with Gasteiger partial charge in [-0.05, 0) is 73.4 Å². The molecular weight excluding hydrogens is 803 g/mol. The maximum absolute atomic E-state index is 13.4. The average Bonchev–Trinajstić information content (AvgIpc) is 3.92. The molecule has 0 bridgehead atoms. The van der Waals surface area contributed by atoms with Crippen LogP contribution < -0.4 is 30.3 Å². The third-order valence-electron chi connectivity index (χ3n) is 10.6. The van der Waals surface area contributed by atoms with Gasteiger partial charge in [0.2, 0.25) is 17.7 Å². The SMILES string of the molecule is COc1ccncc1C(=O)N1CCc2cc(-c3nc(NC(=O)Cc4cccc(OCCOCCNc5cccc6c5C(=O)N(C5CCC(=O)NC5=O)C6=O)c4)sc3C)ccc21. The van der Waals surface area contributed by atoms with Gasteiger partial charge in [0.05, 0.1) is 43.6 Å². The molecule has 0 spiro atoms. The molecule has 3 aromatic carbocycles. The van der Waals surface area contributed by atoms with Crippen molar-refractivity contribution < 1.29 is 43.0 Å². The topological polar surface area (TPSA) is 198 Å². The first-order valence-corrected chi connectivity index (χ1v) is 20.5. The van der Waals surface area contributed by atoms with E-state index in [9.17, 15) is 28.8 Å². The van der Waals surface area contributed by atoms with E-state index in [-0.39, 0.29) is 62.0 Å². The molecule has 8 rings (SSSR count). The number of nitrogens with zero attached hydrogens (tertiary/aromatic N) is 4. The molecule has 5 aromatic rings. The predicted octanol–water partition coefficient (Wildman–Crippen LogP) is 4.81. The molecule has 1 fully saturated rings. The third kappa shape index (κ3) is 8.55. The van der Waals surface area contributed by atoms with Crippen LogP contribution in [0.4, 0.5) is 16.5 Å². The van der Waals surface area contributed by atoms with Gasteiger partial charge in [-0.3, -0.25) is 44.0 Å². The number of aryl methyl sites for hydroxylation is 1. The van der Waals surface area contributed by atoms with E-state index in [1.807, 2.05) is 37.3 Å². The number of carbonyl (C=O) groups excluding carboxylic acids is 6.